The average molecular weight is 522 g/mol. The molecule has 2 aliphatic rings. The van der Waals surface area contributed by atoms with Crippen LogP contribution in [0, 0.1) is 6.92 Å². The lowest BCUT2D eigenvalue weighted by atomic mass is 9.95. The van der Waals surface area contributed by atoms with Gasteiger partial charge in [0.25, 0.3) is 11.8 Å². The number of nitrogens with one attached hydrogen (secondary N) is 1. The fourth-order valence-electron chi connectivity index (χ4n) is 5.05. The Morgan fingerprint density at radius 3 is 2.41 bits per heavy atom. The van der Waals surface area contributed by atoms with Crippen LogP contribution in [0.3, 0.4) is 0 Å². The van der Waals surface area contributed by atoms with E-state index in [0.29, 0.717) is 47.8 Å². The maximum Gasteiger partial charge on any atom is 0.257 e. The fourth-order valence-corrected chi connectivity index (χ4v) is 5.17. The third-order valence-electron chi connectivity index (χ3n) is 7.10. The smallest absolute Gasteiger partial charge is 0.257 e. The van der Waals surface area contributed by atoms with E-state index in [0.717, 1.165) is 5.56 Å². The van der Waals surface area contributed by atoms with Crippen molar-refractivity contribution in [2.24, 2.45) is 0 Å². The zero-order valence-electron chi connectivity index (χ0n) is 20.5. The summed E-state index contributed by atoms with van der Waals surface area (Å²) in [6.45, 7) is 2.94. The number of amides is 3. The van der Waals surface area contributed by atoms with E-state index in [-0.39, 0.29) is 30.9 Å². The van der Waals surface area contributed by atoms with E-state index in [2.05, 4.69) is 5.32 Å². The summed E-state index contributed by atoms with van der Waals surface area (Å²) in [5.41, 5.74) is 0.911. The minimum Gasteiger partial charge on any atom is -0.467 e. The van der Waals surface area contributed by atoms with Crippen molar-refractivity contribution in [1.82, 2.24) is 15.1 Å². The number of likely N-dealkylation sites (tertiary alicyclic amines) is 1. The van der Waals surface area contributed by atoms with Crippen LogP contribution in [0.25, 0.3) is 0 Å². The van der Waals surface area contributed by atoms with Gasteiger partial charge in [-0.3, -0.25) is 19.3 Å². The number of halogens is 1. The van der Waals surface area contributed by atoms with Gasteiger partial charge in [0.2, 0.25) is 5.91 Å². The number of nitrogens with zero attached hydrogens (tertiary/aromatic N) is 2. The summed E-state index contributed by atoms with van der Waals surface area (Å²) in [7, 11) is 0. The van der Waals surface area contributed by atoms with Crippen LogP contribution in [-0.2, 0) is 16.1 Å². The molecule has 192 valence electrons. The molecule has 0 aliphatic carbocycles. The zero-order valence-corrected chi connectivity index (χ0v) is 21.2. The Balaban J connectivity index is 1.37. The average Bonchev–Trinajstić information content (AvgIpc) is 3.56. The van der Waals surface area contributed by atoms with Crippen molar-refractivity contribution in [3.8, 4) is 0 Å². The summed E-state index contributed by atoms with van der Waals surface area (Å²) in [6.07, 6.45) is 2.33. The predicted octanol–water partition coefficient (Wildman–Crippen LogP) is 4.03. The molecule has 3 heterocycles. The maximum absolute atomic E-state index is 13.9. The molecule has 2 aromatic carbocycles. The molecule has 8 nitrogen and oxygen atoms in total. The van der Waals surface area contributed by atoms with E-state index < -0.39 is 11.8 Å². The molecule has 0 bridgehead atoms. The van der Waals surface area contributed by atoms with E-state index >= 15 is 0 Å². The summed E-state index contributed by atoms with van der Waals surface area (Å²) < 4.78 is 11.6. The zero-order chi connectivity index (χ0) is 26.0. The Kier molecular flexibility index (Phi) is 7.04. The minimum atomic E-state index is -0.983. The van der Waals surface area contributed by atoms with Crippen LogP contribution in [0.2, 0.25) is 5.02 Å². The van der Waals surface area contributed by atoms with Crippen LogP contribution in [-0.4, -0.2) is 59.0 Å². The number of rotatable bonds is 5. The van der Waals surface area contributed by atoms with E-state index in [4.69, 9.17) is 20.8 Å². The number of hydrogen-bond donors (Lipinski definition) is 1. The third kappa shape index (κ3) is 4.99. The highest BCUT2D eigenvalue weighted by molar-refractivity contribution is 6.30. The molecule has 2 aliphatic heterocycles. The second-order valence-electron chi connectivity index (χ2n) is 9.36. The Morgan fingerprint density at radius 2 is 1.73 bits per heavy atom. The molecule has 0 unspecified atom stereocenters. The molecule has 2 fully saturated rings. The van der Waals surface area contributed by atoms with Gasteiger partial charge in [-0.1, -0.05) is 29.8 Å². The van der Waals surface area contributed by atoms with Crippen molar-refractivity contribution in [3.05, 3.63) is 94.4 Å². The molecule has 9 heteroatoms. The Hall–Kier alpha value is -3.62. The molecule has 1 aromatic heterocycles. The number of carbonyl (C=O) groups is 3. The van der Waals surface area contributed by atoms with Gasteiger partial charge in [-0.2, -0.15) is 0 Å². The van der Waals surface area contributed by atoms with Gasteiger partial charge in [-0.15, -0.1) is 0 Å². The van der Waals surface area contributed by atoms with Crippen LogP contribution in [0.1, 0.15) is 44.9 Å². The van der Waals surface area contributed by atoms with Crippen molar-refractivity contribution < 1.29 is 23.5 Å². The number of aryl methyl sites for hydroxylation is 1. The first-order valence-electron chi connectivity index (χ1n) is 12.3. The van der Waals surface area contributed by atoms with Gasteiger partial charge >= 0.3 is 0 Å². The summed E-state index contributed by atoms with van der Waals surface area (Å²) in [5.74, 6) is -0.0529. The first-order valence-corrected chi connectivity index (χ1v) is 12.6. The third-order valence-corrected chi connectivity index (χ3v) is 7.35. The lowest BCUT2D eigenvalue weighted by molar-refractivity contribution is -0.128. The van der Waals surface area contributed by atoms with Crippen LogP contribution in [0.4, 0.5) is 0 Å². The molecule has 2 saturated heterocycles. The van der Waals surface area contributed by atoms with Crippen LogP contribution >= 0.6 is 11.6 Å². The van der Waals surface area contributed by atoms with Gasteiger partial charge in [-0.25, -0.2) is 0 Å². The topological polar surface area (TPSA) is 92.1 Å². The van der Waals surface area contributed by atoms with Crippen molar-refractivity contribution in [2.75, 3.05) is 19.7 Å². The summed E-state index contributed by atoms with van der Waals surface area (Å²) in [6, 6.07) is 16.8. The Morgan fingerprint density at radius 1 is 1.00 bits per heavy atom. The van der Waals surface area contributed by atoms with Crippen molar-refractivity contribution >= 4 is 29.3 Å². The van der Waals surface area contributed by atoms with E-state index in [9.17, 15) is 14.4 Å². The summed E-state index contributed by atoms with van der Waals surface area (Å²) >= 11 is 5.97. The molecule has 3 amide bonds. The highest BCUT2D eigenvalue weighted by atomic mass is 35.5. The molecule has 1 atom stereocenters. The molecular weight excluding hydrogens is 494 g/mol. The van der Waals surface area contributed by atoms with E-state index in [1.54, 1.807) is 58.5 Å². The number of hydrogen-bond acceptors (Lipinski definition) is 5. The first kappa shape index (κ1) is 25.0. The lowest BCUT2D eigenvalue weighted by Gasteiger charge is -2.44. The van der Waals surface area contributed by atoms with Gasteiger partial charge in [0.1, 0.15) is 17.5 Å². The second-order valence-corrected chi connectivity index (χ2v) is 9.80. The molecule has 3 aromatic rings. The largest absolute Gasteiger partial charge is 0.467 e. The number of benzene rings is 2. The number of piperidine rings is 1. The van der Waals surface area contributed by atoms with Gasteiger partial charge in [-0.05, 0) is 55.0 Å². The highest BCUT2D eigenvalue weighted by Crippen LogP contribution is 2.39. The van der Waals surface area contributed by atoms with Gasteiger partial charge in [0.15, 0.2) is 0 Å². The normalized spacial score (nSPS) is 18.7. The standard InChI is InChI=1S/C28H28ClN3O5/c1-19-5-2-3-7-23(19)27(35)32-24(25(33)30-17-22-6-4-16-36-22)18-37-28(32)12-14-31(15-13-28)26(34)20-8-10-21(29)11-9-20/h2-11,16,24H,12-15,17-18H2,1H3,(H,30,33)/t24-/m1/s1. The number of ether oxygens (including phenoxy) is 1. The van der Waals surface area contributed by atoms with Gasteiger partial charge < -0.3 is 19.4 Å². The second kappa shape index (κ2) is 10.4. The Labute approximate surface area is 220 Å². The Bertz CT molecular complexity index is 1280. The van der Waals surface area contributed by atoms with Crippen LogP contribution in [0.15, 0.2) is 71.3 Å². The molecule has 1 spiro atoms. The molecule has 5 rings (SSSR count). The SMILES string of the molecule is Cc1ccccc1C(=O)N1[C@@H](C(=O)NCc2ccco2)COC12CCN(C(=O)c1ccc(Cl)cc1)CC2. The van der Waals surface area contributed by atoms with Gasteiger partial charge in [0.05, 0.1) is 19.4 Å². The van der Waals surface area contributed by atoms with Crippen molar-refractivity contribution in [3.63, 3.8) is 0 Å². The first-order chi connectivity index (χ1) is 17.9. The van der Waals surface area contributed by atoms with E-state index in [1.165, 1.54) is 0 Å². The van der Waals surface area contributed by atoms with Crippen molar-refractivity contribution in [2.45, 2.75) is 38.1 Å². The van der Waals surface area contributed by atoms with E-state index in [1.807, 2.05) is 25.1 Å². The fraction of sp³-hybridized carbons (Fsp3) is 0.321. The molecule has 1 N–H and O–H groups in total. The monoisotopic (exact) mass is 521 g/mol. The van der Waals surface area contributed by atoms with Crippen molar-refractivity contribution in [1.29, 1.82) is 0 Å². The number of furan rings is 1. The molecule has 0 radical (unpaired) electrons. The number of carbonyl (C=O) groups excluding carboxylic acids is 3. The van der Waals surface area contributed by atoms with Crippen LogP contribution < -0.4 is 5.32 Å². The van der Waals surface area contributed by atoms with Crippen LogP contribution in [0.5, 0.6) is 0 Å². The summed E-state index contributed by atoms with van der Waals surface area (Å²) in [4.78, 5) is 43.6. The minimum absolute atomic E-state index is 0.0761. The maximum atomic E-state index is 13.9. The molecular formula is C28H28ClN3O5. The highest BCUT2D eigenvalue weighted by Gasteiger charge is 2.54. The quantitative estimate of drug-likeness (QED) is 0.547. The summed E-state index contributed by atoms with van der Waals surface area (Å²) in [5, 5.41) is 3.44. The predicted molar refractivity (Wildman–Crippen MR) is 137 cm³/mol. The molecule has 37 heavy (non-hydrogen) atoms. The van der Waals surface area contributed by atoms with Gasteiger partial charge in [0, 0.05) is 42.1 Å². The lowest BCUT2D eigenvalue weighted by Crippen LogP contribution is -2.59. The molecule has 0 saturated carbocycles.